The Balaban J connectivity index is 1.04. The Kier molecular flexibility index (Phi) is 6.58. The number of hydrogen-bond donors (Lipinski definition) is 1. The summed E-state index contributed by atoms with van der Waals surface area (Å²) in [5.41, 5.74) is 3.84. The second-order valence-electron chi connectivity index (χ2n) is 9.29. The van der Waals surface area contributed by atoms with E-state index >= 15 is 0 Å². The van der Waals surface area contributed by atoms with Crippen LogP contribution in [0.15, 0.2) is 42.5 Å². The molecular formula is C26H34N4O3. The number of nitrogens with zero attached hydrogens (tertiary/aromatic N) is 3. The predicted octanol–water partition coefficient (Wildman–Crippen LogP) is 2.98. The first-order valence-electron chi connectivity index (χ1n) is 12.1. The van der Waals surface area contributed by atoms with Crippen LogP contribution in [0, 0.1) is 5.92 Å². The Morgan fingerprint density at radius 1 is 1.12 bits per heavy atom. The van der Waals surface area contributed by atoms with Gasteiger partial charge in [-0.3, -0.25) is 4.90 Å². The van der Waals surface area contributed by atoms with E-state index in [1.54, 1.807) is 7.11 Å². The number of rotatable bonds is 6. The molecule has 7 heteroatoms. The van der Waals surface area contributed by atoms with E-state index in [4.69, 9.17) is 9.47 Å². The summed E-state index contributed by atoms with van der Waals surface area (Å²) in [4.78, 5) is 19.5. The number of amides is 2. The van der Waals surface area contributed by atoms with Gasteiger partial charge in [0.25, 0.3) is 0 Å². The Morgan fingerprint density at radius 2 is 2.00 bits per heavy atom. The molecule has 2 amide bonds. The second-order valence-corrected chi connectivity index (χ2v) is 9.29. The van der Waals surface area contributed by atoms with E-state index in [0.29, 0.717) is 5.92 Å². The zero-order valence-corrected chi connectivity index (χ0v) is 19.5. The molecule has 5 rings (SSSR count). The Labute approximate surface area is 196 Å². The summed E-state index contributed by atoms with van der Waals surface area (Å²) in [6.45, 7) is 7.82. The molecule has 0 bridgehead atoms. The maximum atomic E-state index is 12.7. The van der Waals surface area contributed by atoms with Gasteiger partial charge >= 0.3 is 6.03 Å². The van der Waals surface area contributed by atoms with E-state index in [-0.39, 0.29) is 6.03 Å². The van der Waals surface area contributed by atoms with Crippen LogP contribution in [0.25, 0.3) is 0 Å². The van der Waals surface area contributed by atoms with Crippen LogP contribution in [0.4, 0.5) is 10.5 Å². The number of piperazine rings is 1. The minimum absolute atomic E-state index is 0.0733. The number of urea groups is 1. The molecule has 0 spiro atoms. The summed E-state index contributed by atoms with van der Waals surface area (Å²) in [7, 11) is 1.70. The molecule has 1 atom stereocenters. The fourth-order valence-corrected chi connectivity index (χ4v) is 5.09. The van der Waals surface area contributed by atoms with Gasteiger partial charge in [-0.1, -0.05) is 18.2 Å². The zero-order valence-electron chi connectivity index (χ0n) is 19.5. The van der Waals surface area contributed by atoms with Gasteiger partial charge in [0.15, 0.2) is 0 Å². The minimum atomic E-state index is 0.0733. The highest BCUT2D eigenvalue weighted by atomic mass is 16.5. The number of carbonyl (C=O) groups is 1. The molecule has 2 fully saturated rings. The summed E-state index contributed by atoms with van der Waals surface area (Å²) in [5, 5.41) is 3.18. The van der Waals surface area contributed by atoms with Crippen LogP contribution >= 0.6 is 0 Å². The van der Waals surface area contributed by atoms with Crippen LogP contribution in [0.1, 0.15) is 17.5 Å². The molecule has 0 aromatic heterocycles. The molecule has 3 aliphatic rings. The zero-order chi connectivity index (χ0) is 22.6. The van der Waals surface area contributed by atoms with Crippen LogP contribution in [0.3, 0.4) is 0 Å². The average Bonchev–Trinajstić information content (AvgIpc) is 3.52. The van der Waals surface area contributed by atoms with Crippen molar-refractivity contribution in [3.8, 4) is 11.5 Å². The number of ether oxygens (including phenoxy) is 2. The number of fused-ring (bicyclic) bond motifs is 1. The van der Waals surface area contributed by atoms with Gasteiger partial charge in [-0.25, -0.2) is 4.79 Å². The third-order valence-electron chi connectivity index (χ3n) is 7.07. The van der Waals surface area contributed by atoms with Gasteiger partial charge in [0.2, 0.25) is 0 Å². The average molecular weight is 451 g/mol. The predicted molar refractivity (Wildman–Crippen MR) is 129 cm³/mol. The smallest absolute Gasteiger partial charge is 0.317 e. The lowest BCUT2D eigenvalue weighted by atomic mass is 10.1. The van der Waals surface area contributed by atoms with Crippen LogP contribution < -0.4 is 19.7 Å². The van der Waals surface area contributed by atoms with Gasteiger partial charge in [-0.2, -0.15) is 0 Å². The first-order valence-corrected chi connectivity index (χ1v) is 12.1. The fraction of sp³-hybridized carbons (Fsp3) is 0.500. The van der Waals surface area contributed by atoms with Gasteiger partial charge in [-0.05, 0) is 41.7 Å². The lowest BCUT2D eigenvalue weighted by Gasteiger charge is -2.35. The van der Waals surface area contributed by atoms with E-state index in [2.05, 4.69) is 45.4 Å². The number of benzene rings is 2. The van der Waals surface area contributed by atoms with Crippen molar-refractivity contribution in [1.82, 2.24) is 15.1 Å². The van der Waals surface area contributed by atoms with Gasteiger partial charge in [0, 0.05) is 70.5 Å². The highest BCUT2D eigenvalue weighted by Crippen LogP contribution is 2.27. The van der Waals surface area contributed by atoms with Crippen molar-refractivity contribution >= 4 is 11.7 Å². The summed E-state index contributed by atoms with van der Waals surface area (Å²) in [6.07, 6.45) is 2.10. The maximum absolute atomic E-state index is 12.7. The topological polar surface area (TPSA) is 57.3 Å². The molecule has 0 saturated carbocycles. The molecule has 0 radical (unpaired) electrons. The normalized spacial score (nSPS) is 20.5. The number of carbonyl (C=O) groups excluding carboxylic acids is 1. The monoisotopic (exact) mass is 450 g/mol. The van der Waals surface area contributed by atoms with E-state index in [9.17, 15) is 4.79 Å². The number of anilines is 1. The Bertz CT molecular complexity index is 974. The third-order valence-corrected chi connectivity index (χ3v) is 7.07. The summed E-state index contributed by atoms with van der Waals surface area (Å²) >= 11 is 0. The quantitative estimate of drug-likeness (QED) is 0.733. The largest absolute Gasteiger partial charge is 0.497 e. The van der Waals surface area contributed by atoms with E-state index < -0.39 is 0 Å². The molecule has 33 heavy (non-hydrogen) atoms. The number of methoxy groups -OCH3 is 1. The molecule has 176 valence electrons. The molecule has 2 aromatic carbocycles. The Morgan fingerprint density at radius 3 is 2.85 bits per heavy atom. The third kappa shape index (κ3) is 5.19. The molecule has 1 unspecified atom stereocenters. The first kappa shape index (κ1) is 21.9. The molecule has 0 aliphatic carbocycles. The van der Waals surface area contributed by atoms with Crippen LogP contribution in [-0.2, 0) is 13.0 Å². The van der Waals surface area contributed by atoms with Crippen molar-refractivity contribution in [2.45, 2.75) is 19.4 Å². The van der Waals surface area contributed by atoms with Crippen molar-refractivity contribution in [1.29, 1.82) is 0 Å². The van der Waals surface area contributed by atoms with Crippen LogP contribution in [0.2, 0.25) is 0 Å². The summed E-state index contributed by atoms with van der Waals surface area (Å²) in [5.74, 6) is 2.40. The standard InChI is InChI=1S/C26H34N4O3/c1-32-24-4-2-3-23(16-24)30-9-7-21(19-30)17-27-26(31)29-12-10-28(11-13-29)18-20-5-6-25-22(15-20)8-14-33-25/h2-6,15-16,21H,7-14,17-19H2,1H3,(H,27,31). The molecule has 1 N–H and O–H groups in total. The molecule has 2 saturated heterocycles. The molecule has 3 aliphatic heterocycles. The maximum Gasteiger partial charge on any atom is 0.317 e. The summed E-state index contributed by atoms with van der Waals surface area (Å²) in [6, 6.07) is 14.8. The highest BCUT2D eigenvalue weighted by Gasteiger charge is 2.26. The van der Waals surface area contributed by atoms with Gasteiger partial charge in [0.1, 0.15) is 11.5 Å². The van der Waals surface area contributed by atoms with Crippen molar-refractivity contribution in [3.63, 3.8) is 0 Å². The van der Waals surface area contributed by atoms with Gasteiger partial charge < -0.3 is 24.6 Å². The van der Waals surface area contributed by atoms with E-state index in [0.717, 1.165) is 83.3 Å². The lowest BCUT2D eigenvalue weighted by molar-refractivity contribution is 0.134. The molecule has 2 aromatic rings. The van der Waals surface area contributed by atoms with Crippen molar-refractivity contribution < 1.29 is 14.3 Å². The fourth-order valence-electron chi connectivity index (χ4n) is 5.09. The van der Waals surface area contributed by atoms with Gasteiger partial charge in [-0.15, -0.1) is 0 Å². The summed E-state index contributed by atoms with van der Waals surface area (Å²) < 4.78 is 11.0. The SMILES string of the molecule is COc1cccc(N2CCC(CNC(=O)N3CCN(Cc4ccc5c(c4)CCO5)CC3)C2)c1. The van der Waals surface area contributed by atoms with Crippen LogP contribution in [0.5, 0.6) is 11.5 Å². The molecule has 7 nitrogen and oxygen atoms in total. The number of nitrogens with one attached hydrogen (secondary N) is 1. The Hall–Kier alpha value is -2.93. The molecule has 3 heterocycles. The van der Waals surface area contributed by atoms with Crippen molar-refractivity contribution in [2.75, 3.05) is 64.4 Å². The lowest BCUT2D eigenvalue weighted by Crippen LogP contribution is -2.52. The van der Waals surface area contributed by atoms with E-state index in [1.165, 1.54) is 16.8 Å². The van der Waals surface area contributed by atoms with Crippen molar-refractivity contribution in [2.24, 2.45) is 5.92 Å². The second kappa shape index (κ2) is 9.91. The van der Waals surface area contributed by atoms with Gasteiger partial charge in [0.05, 0.1) is 13.7 Å². The minimum Gasteiger partial charge on any atom is -0.497 e. The molecular weight excluding hydrogens is 416 g/mol. The van der Waals surface area contributed by atoms with Crippen molar-refractivity contribution in [3.05, 3.63) is 53.6 Å². The highest BCUT2D eigenvalue weighted by molar-refractivity contribution is 5.74. The first-order chi connectivity index (χ1) is 16.2. The van der Waals surface area contributed by atoms with Crippen LogP contribution in [-0.4, -0.2) is 75.4 Å². The van der Waals surface area contributed by atoms with E-state index in [1.807, 2.05) is 17.0 Å². The number of hydrogen-bond acceptors (Lipinski definition) is 5.